The summed E-state index contributed by atoms with van der Waals surface area (Å²) in [7, 11) is 0. The quantitative estimate of drug-likeness (QED) is 0.179. The fourth-order valence-electron chi connectivity index (χ4n) is 9.66. The maximum Gasteiger partial charge on any atom is 0.144 e. The lowest BCUT2D eigenvalue weighted by Crippen LogP contribution is -2.16. The zero-order chi connectivity index (χ0) is 37.1. The van der Waals surface area contributed by atoms with Crippen molar-refractivity contribution in [2.75, 3.05) is 4.90 Å². The van der Waals surface area contributed by atoms with Crippen molar-refractivity contribution >= 4 is 92.1 Å². The van der Waals surface area contributed by atoms with Crippen molar-refractivity contribution in [2.24, 2.45) is 0 Å². The van der Waals surface area contributed by atoms with Gasteiger partial charge < -0.3 is 9.32 Å². The van der Waals surface area contributed by atoms with Gasteiger partial charge in [0.05, 0.1) is 5.69 Å². The molecule has 2 aromatic heterocycles. The first kappa shape index (κ1) is 31.6. The molecule has 11 aromatic rings. The Kier molecular flexibility index (Phi) is 6.59. The molecule has 0 unspecified atom stereocenters. The van der Waals surface area contributed by atoms with E-state index in [0.29, 0.717) is 0 Å². The third-order valence-corrected chi connectivity index (χ3v) is 13.4. The van der Waals surface area contributed by atoms with E-state index in [2.05, 4.69) is 195 Å². The molecule has 2 nitrogen and oxygen atoms in total. The molecule has 0 saturated carbocycles. The minimum atomic E-state index is -0.0900. The predicted molar refractivity (Wildman–Crippen MR) is 239 cm³/mol. The largest absolute Gasteiger partial charge is 0.455 e. The van der Waals surface area contributed by atoms with Crippen LogP contribution in [0.25, 0.3) is 85.9 Å². The second kappa shape index (κ2) is 11.7. The van der Waals surface area contributed by atoms with E-state index in [0.717, 1.165) is 44.4 Å². The summed E-state index contributed by atoms with van der Waals surface area (Å²) in [5, 5.41) is 9.46. The fourth-order valence-corrected chi connectivity index (χ4v) is 10.7. The Morgan fingerprint density at radius 3 is 1.98 bits per heavy atom. The minimum absolute atomic E-state index is 0.0900. The summed E-state index contributed by atoms with van der Waals surface area (Å²) in [6, 6.07) is 64.6. The molecule has 0 spiro atoms. The number of furan rings is 1. The molecule has 264 valence electrons. The number of thiophene rings is 1. The van der Waals surface area contributed by atoms with Crippen LogP contribution in [0.4, 0.5) is 17.1 Å². The first-order valence-corrected chi connectivity index (χ1v) is 20.2. The van der Waals surface area contributed by atoms with Crippen molar-refractivity contribution < 1.29 is 4.42 Å². The number of hydrogen-bond donors (Lipinski definition) is 0. The second-order valence-corrected chi connectivity index (χ2v) is 16.7. The van der Waals surface area contributed by atoms with Gasteiger partial charge in [-0.05, 0) is 98.8 Å². The topological polar surface area (TPSA) is 16.4 Å². The van der Waals surface area contributed by atoms with Crippen LogP contribution >= 0.6 is 11.3 Å². The van der Waals surface area contributed by atoms with Crippen molar-refractivity contribution in [2.45, 2.75) is 19.3 Å². The molecule has 0 amide bonds. The standard InChI is InChI=1S/C53H35NOS/c1-53(2)45-19-8-7-16-40(45)41-18-10-17-38(50(41)53)34-21-24-35(25-22-34)54(46-20-9-13-32-11-3-5-14-37(32)46)36-26-29-47-44(31-36)49-48(56-47)30-28-43-42-27-23-33-12-4-6-15-39(33)51(42)55-52(43)49/h3-31H,1-2H3. The number of fused-ring (bicyclic) bond motifs is 13. The third-order valence-electron chi connectivity index (χ3n) is 12.2. The number of benzene rings is 9. The van der Waals surface area contributed by atoms with Crippen LogP contribution in [0.2, 0.25) is 0 Å². The van der Waals surface area contributed by atoms with Crippen molar-refractivity contribution in [3.8, 4) is 22.3 Å². The first-order chi connectivity index (χ1) is 27.5. The average Bonchev–Trinajstić information content (AvgIpc) is 3.89. The SMILES string of the molecule is CC1(C)c2ccccc2-c2cccc(-c3ccc(N(c4ccc5sc6ccc7c8ccc9ccccc9c8oc7c6c5c4)c4cccc5ccccc45)cc3)c21. The number of hydrogen-bond acceptors (Lipinski definition) is 3. The maximum absolute atomic E-state index is 6.89. The van der Waals surface area contributed by atoms with Gasteiger partial charge in [-0.25, -0.2) is 0 Å². The van der Waals surface area contributed by atoms with Crippen LogP contribution in [0.1, 0.15) is 25.0 Å². The molecule has 56 heavy (non-hydrogen) atoms. The molecule has 0 aliphatic heterocycles. The van der Waals surface area contributed by atoms with Gasteiger partial charge in [0.1, 0.15) is 11.2 Å². The van der Waals surface area contributed by atoms with E-state index in [-0.39, 0.29) is 5.41 Å². The van der Waals surface area contributed by atoms with Gasteiger partial charge >= 0.3 is 0 Å². The molecule has 9 aromatic carbocycles. The number of anilines is 3. The molecule has 0 atom stereocenters. The molecular weight excluding hydrogens is 699 g/mol. The summed E-state index contributed by atoms with van der Waals surface area (Å²) < 4.78 is 9.37. The lowest BCUT2D eigenvalue weighted by molar-refractivity contribution is 0.662. The van der Waals surface area contributed by atoms with Gasteiger partial charge in [0, 0.05) is 58.5 Å². The number of nitrogens with zero attached hydrogens (tertiary/aromatic N) is 1. The Morgan fingerprint density at radius 1 is 0.464 bits per heavy atom. The molecule has 0 fully saturated rings. The van der Waals surface area contributed by atoms with Crippen molar-refractivity contribution in [1.82, 2.24) is 0 Å². The predicted octanol–water partition coefficient (Wildman–Crippen LogP) is 15.7. The molecule has 0 N–H and O–H groups in total. The van der Waals surface area contributed by atoms with Crippen molar-refractivity contribution in [3.63, 3.8) is 0 Å². The van der Waals surface area contributed by atoms with Gasteiger partial charge in [-0.3, -0.25) is 0 Å². The molecule has 1 aliphatic carbocycles. The highest BCUT2D eigenvalue weighted by Crippen LogP contribution is 2.52. The van der Waals surface area contributed by atoms with E-state index in [4.69, 9.17) is 4.42 Å². The fraction of sp³-hybridized carbons (Fsp3) is 0.0566. The second-order valence-electron chi connectivity index (χ2n) is 15.6. The van der Waals surface area contributed by atoms with E-state index in [1.54, 1.807) is 0 Å². The van der Waals surface area contributed by atoms with E-state index >= 15 is 0 Å². The van der Waals surface area contributed by atoms with Crippen LogP contribution in [0.3, 0.4) is 0 Å². The van der Waals surface area contributed by atoms with Crippen LogP contribution in [0.5, 0.6) is 0 Å². The molecule has 0 radical (unpaired) electrons. The zero-order valence-corrected chi connectivity index (χ0v) is 31.8. The van der Waals surface area contributed by atoms with Gasteiger partial charge in [-0.2, -0.15) is 0 Å². The van der Waals surface area contributed by atoms with Crippen LogP contribution < -0.4 is 4.90 Å². The molecule has 0 bridgehead atoms. The normalized spacial score (nSPS) is 13.3. The third kappa shape index (κ3) is 4.43. The van der Waals surface area contributed by atoms with E-state index < -0.39 is 0 Å². The monoisotopic (exact) mass is 733 g/mol. The van der Waals surface area contributed by atoms with E-state index in [9.17, 15) is 0 Å². The highest BCUT2D eigenvalue weighted by atomic mass is 32.1. The molecular formula is C53H35NOS. The lowest BCUT2D eigenvalue weighted by Gasteiger charge is -2.28. The number of rotatable bonds is 4. The molecule has 3 heteroatoms. The van der Waals surface area contributed by atoms with Crippen LogP contribution in [0, 0.1) is 0 Å². The smallest absolute Gasteiger partial charge is 0.144 e. The summed E-state index contributed by atoms with van der Waals surface area (Å²) >= 11 is 1.83. The van der Waals surface area contributed by atoms with Gasteiger partial charge in [0.2, 0.25) is 0 Å². The summed E-state index contributed by atoms with van der Waals surface area (Å²) in [5.41, 5.74) is 13.2. The highest BCUT2D eigenvalue weighted by Gasteiger charge is 2.37. The highest BCUT2D eigenvalue weighted by molar-refractivity contribution is 7.26. The summed E-state index contributed by atoms with van der Waals surface area (Å²) in [5.74, 6) is 0. The van der Waals surface area contributed by atoms with Crippen LogP contribution in [-0.2, 0) is 5.41 Å². The molecule has 1 aliphatic rings. The first-order valence-electron chi connectivity index (χ1n) is 19.3. The maximum atomic E-state index is 6.89. The molecule has 2 heterocycles. The van der Waals surface area contributed by atoms with Crippen LogP contribution in [-0.4, -0.2) is 0 Å². The Balaban J connectivity index is 1.06. The van der Waals surface area contributed by atoms with E-state index in [1.165, 1.54) is 69.7 Å². The summed E-state index contributed by atoms with van der Waals surface area (Å²) in [4.78, 5) is 2.43. The zero-order valence-electron chi connectivity index (χ0n) is 31.0. The Hall–Kier alpha value is -6.68. The van der Waals surface area contributed by atoms with Crippen LogP contribution in [0.15, 0.2) is 180 Å². The van der Waals surface area contributed by atoms with Gasteiger partial charge in [0.15, 0.2) is 0 Å². The molecule has 12 rings (SSSR count). The molecule has 0 saturated heterocycles. The lowest BCUT2D eigenvalue weighted by atomic mass is 9.79. The Morgan fingerprint density at radius 2 is 1.11 bits per heavy atom. The van der Waals surface area contributed by atoms with Crippen molar-refractivity contribution in [1.29, 1.82) is 0 Å². The average molecular weight is 734 g/mol. The van der Waals surface area contributed by atoms with Crippen molar-refractivity contribution in [3.05, 3.63) is 187 Å². The van der Waals surface area contributed by atoms with Gasteiger partial charge in [-0.1, -0.05) is 135 Å². The summed E-state index contributed by atoms with van der Waals surface area (Å²) in [6.07, 6.45) is 0. The van der Waals surface area contributed by atoms with Gasteiger partial charge in [-0.15, -0.1) is 11.3 Å². The van der Waals surface area contributed by atoms with E-state index in [1.807, 2.05) is 11.3 Å². The van der Waals surface area contributed by atoms with Gasteiger partial charge in [0.25, 0.3) is 0 Å². The Labute approximate surface area is 328 Å². The minimum Gasteiger partial charge on any atom is -0.455 e. The summed E-state index contributed by atoms with van der Waals surface area (Å²) in [6.45, 7) is 4.73. The Bertz CT molecular complexity index is 3400.